The van der Waals surface area contributed by atoms with E-state index in [2.05, 4.69) is 41.5 Å². The van der Waals surface area contributed by atoms with Crippen LogP contribution in [0, 0.1) is 11.8 Å². The zero-order chi connectivity index (χ0) is 14.9. The van der Waals surface area contributed by atoms with Crippen LogP contribution in [0.3, 0.4) is 0 Å². The Hall–Kier alpha value is 0. The summed E-state index contributed by atoms with van der Waals surface area (Å²) in [6.07, 6.45) is 15.8. The van der Waals surface area contributed by atoms with E-state index in [1.807, 2.05) is 0 Å². The molecule has 0 saturated heterocycles. The van der Waals surface area contributed by atoms with Crippen molar-refractivity contribution < 1.29 is 0 Å². The molecule has 0 unspecified atom stereocenters. The highest BCUT2D eigenvalue weighted by molar-refractivity contribution is 4.49. The molecule has 0 bridgehead atoms. The fraction of sp³-hybridized carbons (Fsp3) is 1.00. The first kappa shape index (κ1) is 21.3. The number of rotatable bonds is 11. The van der Waals surface area contributed by atoms with E-state index in [0.29, 0.717) is 0 Å². The summed E-state index contributed by atoms with van der Waals surface area (Å²) in [6.45, 7) is 13.6. The standard InChI is InChI=1S/C14H30.C5H12/c1-4-5-6-7-8-9-10-11-12-13-14(2)3;1-4-5(2)3/h14H,4-13H2,1-3H3;5H,4H2,1-3H3. The highest BCUT2D eigenvalue weighted by atomic mass is 14.0. The van der Waals surface area contributed by atoms with Crippen molar-refractivity contribution in [2.45, 2.75) is 112 Å². The molecule has 0 aromatic carbocycles. The van der Waals surface area contributed by atoms with E-state index < -0.39 is 0 Å². The first-order valence-electron chi connectivity index (χ1n) is 9.04. The Morgan fingerprint density at radius 3 is 1.21 bits per heavy atom. The van der Waals surface area contributed by atoms with Crippen molar-refractivity contribution in [1.29, 1.82) is 0 Å². The van der Waals surface area contributed by atoms with Crippen molar-refractivity contribution in [2.24, 2.45) is 11.8 Å². The van der Waals surface area contributed by atoms with Gasteiger partial charge in [0.1, 0.15) is 0 Å². The monoisotopic (exact) mass is 270 g/mol. The normalized spacial score (nSPS) is 10.7. The number of unbranched alkanes of at least 4 members (excludes halogenated alkanes) is 8. The molecule has 0 heterocycles. The van der Waals surface area contributed by atoms with Gasteiger partial charge in [0, 0.05) is 0 Å². The number of hydrogen-bond acceptors (Lipinski definition) is 0. The van der Waals surface area contributed by atoms with Gasteiger partial charge in [-0.1, -0.05) is 112 Å². The van der Waals surface area contributed by atoms with E-state index in [1.165, 1.54) is 70.6 Å². The summed E-state index contributed by atoms with van der Waals surface area (Å²) >= 11 is 0. The van der Waals surface area contributed by atoms with Gasteiger partial charge in [-0.3, -0.25) is 0 Å². The second-order valence-electron chi connectivity index (χ2n) is 6.81. The van der Waals surface area contributed by atoms with Crippen LogP contribution in [-0.4, -0.2) is 0 Å². The predicted molar refractivity (Wildman–Crippen MR) is 91.8 cm³/mol. The van der Waals surface area contributed by atoms with Gasteiger partial charge in [0.25, 0.3) is 0 Å². The van der Waals surface area contributed by atoms with Gasteiger partial charge >= 0.3 is 0 Å². The minimum Gasteiger partial charge on any atom is -0.0654 e. The maximum Gasteiger partial charge on any atom is -0.0471 e. The molecule has 0 aliphatic carbocycles. The van der Waals surface area contributed by atoms with Crippen LogP contribution in [-0.2, 0) is 0 Å². The van der Waals surface area contributed by atoms with Crippen LogP contribution in [0.4, 0.5) is 0 Å². The van der Waals surface area contributed by atoms with Gasteiger partial charge < -0.3 is 0 Å². The Bertz CT molecular complexity index is 135. The zero-order valence-electron chi connectivity index (χ0n) is 14.9. The predicted octanol–water partition coefficient (Wildman–Crippen LogP) is 7.62. The van der Waals surface area contributed by atoms with E-state index >= 15 is 0 Å². The molecule has 0 aromatic heterocycles. The van der Waals surface area contributed by atoms with Crippen LogP contribution in [0.2, 0.25) is 0 Å². The Balaban J connectivity index is 0. The van der Waals surface area contributed by atoms with Crippen LogP contribution >= 0.6 is 0 Å². The Kier molecular flexibility index (Phi) is 20.2. The lowest BCUT2D eigenvalue weighted by Crippen LogP contribution is -1.87. The van der Waals surface area contributed by atoms with Gasteiger partial charge in [-0.25, -0.2) is 0 Å². The molecule has 0 radical (unpaired) electrons. The van der Waals surface area contributed by atoms with Crippen LogP contribution in [0.1, 0.15) is 112 Å². The quantitative estimate of drug-likeness (QED) is 0.339. The third kappa shape index (κ3) is 27.3. The van der Waals surface area contributed by atoms with Crippen molar-refractivity contribution in [3.63, 3.8) is 0 Å². The molecule has 0 fully saturated rings. The van der Waals surface area contributed by atoms with Gasteiger partial charge in [0.2, 0.25) is 0 Å². The molecule has 0 heteroatoms. The van der Waals surface area contributed by atoms with Crippen molar-refractivity contribution >= 4 is 0 Å². The lowest BCUT2D eigenvalue weighted by atomic mass is 10.0. The lowest BCUT2D eigenvalue weighted by Gasteiger charge is -2.04. The molecule has 0 aliphatic heterocycles. The molecule has 19 heavy (non-hydrogen) atoms. The van der Waals surface area contributed by atoms with Crippen LogP contribution in [0.15, 0.2) is 0 Å². The smallest absolute Gasteiger partial charge is 0.0471 e. The summed E-state index contributed by atoms with van der Waals surface area (Å²) in [5.41, 5.74) is 0. The van der Waals surface area contributed by atoms with E-state index in [-0.39, 0.29) is 0 Å². The molecule has 0 aromatic rings. The van der Waals surface area contributed by atoms with Crippen molar-refractivity contribution in [2.75, 3.05) is 0 Å². The van der Waals surface area contributed by atoms with Crippen LogP contribution in [0.25, 0.3) is 0 Å². The van der Waals surface area contributed by atoms with Crippen molar-refractivity contribution in [1.82, 2.24) is 0 Å². The average molecular weight is 271 g/mol. The zero-order valence-corrected chi connectivity index (χ0v) is 14.9. The topological polar surface area (TPSA) is 0 Å². The van der Waals surface area contributed by atoms with Crippen molar-refractivity contribution in [3.05, 3.63) is 0 Å². The summed E-state index contributed by atoms with van der Waals surface area (Å²) in [6, 6.07) is 0. The summed E-state index contributed by atoms with van der Waals surface area (Å²) in [7, 11) is 0. The van der Waals surface area contributed by atoms with E-state index in [1.54, 1.807) is 0 Å². The number of hydrogen-bond donors (Lipinski definition) is 0. The van der Waals surface area contributed by atoms with Crippen LogP contribution in [0.5, 0.6) is 0 Å². The Morgan fingerprint density at radius 2 is 0.895 bits per heavy atom. The van der Waals surface area contributed by atoms with Gasteiger partial charge in [-0.2, -0.15) is 0 Å². The third-order valence-corrected chi connectivity index (χ3v) is 3.70. The summed E-state index contributed by atoms with van der Waals surface area (Å²) in [4.78, 5) is 0. The first-order valence-corrected chi connectivity index (χ1v) is 9.04. The molecule has 0 aliphatic rings. The molecular weight excluding hydrogens is 228 g/mol. The van der Waals surface area contributed by atoms with E-state index in [9.17, 15) is 0 Å². The molecule has 0 N–H and O–H groups in total. The lowest BCUT2D eigenvalue weighted by molar-refractivity contribution is 0.507. The fourth-order valence-corrected chi connectivity index (χ4v) is 1.86. The van der Waals surface area contributed by atoms with Gasteiger partial charge in [-0.05, 0) is 11.8 Å². The molecule has 0 amide bonds. The van der Waals surface area contributed by atoms with Gasteiger partial charge in [0.15, 0.2) is 0 Å². The third-order valence-electron chi connectivity index (χ3n) is 3.70. The minimum absolute atomic E-state index is 0.884. The molecule has 0 nitrogen and oxygen atoms in total. The Labute approximate surface area is 124 Å². The average Bonchev–Trinajstić information content (AvgIpc) is 2.37. The SMILES string of the molecule is CCC(C)C.CCCCCCCCCCCC(C)C. The summed E-state index contributed by atoms with van der Waals surface area (Å²) in [5, 5.41) is 0. The molecule has 0 atom stereocenters. The minimum atomic E-state index is 0.884. The second kappa shape index (κ2) is 18.0. The maximum absolute atomic E-state index is 2.32. The van der Waals surface area contributed by atoms with Crippen LogP contribution < -0.4 is 0 Å². The first-order chi connectivity index (χ1) is 9.04. The summed E-state index contributed by atoms with van der Waals surface area (Å²) in [5.74, 6) is 1.79. The molecule has 118 valence electrons. The highest BCUT2D eigenvalue weighted by Gasteiger charge is 1.94. The molecule has 0 rings (SSSR count). The van der Waals surface area contributed by atoms with Crippen molar-refractivity contribution in [3.8, 4) is 0 Å². The maximum atomic E-state index is 2.32. The summed E-state index contributed by atoms with van der Waals surface area (Å²) < 4.78 is 0. The molecular formula is C19H42. The fourth-order valence-electron chi connectivity index (χ4n) is 1.86. The van der Waals surface area contributed by atoms with Gasteiger partial charge in [-0.15, -0.1) is 0 Å². The largest absolute Gasteiger partial charge is 0.0654 e. The second-order valence-corrected chi connectivity index (χ2v) is 6.81. The van der Waals surface area contributed by atoms with E-state index in [0.717, 1.165) is 11.8 Å². The molecule has 0 saturated carbocycles. The van der Waals surface area contributed by atoms with Gasteiger partial charge in [0.05, 0.1) is 0 Å². The Morgan fingerprint density at radius 1 is 0.526 bits per heavy atom. The van der Waals surface area contributed by atoms with E-state index in [4.69, 9.17) is 0 Å². The highest BCUT2D eigenvalue weighted by Crippen LogP contribution is 2.12. The molecule has 0 spiro atoms.